The standard InChI is InChI=1S/C12H13NO3/c1-7-8-2-3-9(6-8)10(7)11(14)13-4-5-16-12(13)15/h2-3,8-10H,1,4-6H2/t8-,9+,10-/m0/s1. The van der Waals surface area contributed by atoms with Gasteiger partial charge in [0.2, 0.25) is 5.91 Å². The highest BCUT2D eigenvalue weighted by molar-refractivity contribution is 5.96. The third-order valence-electron chi connectivity index (χ3n) is 3.71. The molecule has 0 aromatic rings. The Morgan fingerprint density at radius 1 is 1.50 bits per heavy atom. The molecule has 0 N–H and O–H groups in total. The maximum Gasteiger partial charge on any atom is 0.416 e. The van der Waals surface area contributed by atoms with E-state index in [0.29, 0.717) is 19.1 Å². The lowest BCUT2D eigenvalue weighted by Crippen LogP contribution is -2.38. The number of allylic oxidation sites excluding steroid dienone is 2. The van der Waals surface area contributed by atoms with Gasteiger partial charge in [-0.2, -0.15) is 0 Å². The van der Waals surface area contributed by atoms with Crippen molar-refractivity contribution in [2.24, 2.45) is 17.8 Å². The molecule has 2 aliphatic carbocycles. The highest BCUT2D eigenvalue weighted by atomic mass is 16.6. The molecule has 0 radical (unpaired) electrons. The third kappa shape index (κ3) is 1.16. The van der Waals surface area contributed by atoms with E-state index in [1.165, 1.54) is 4.90 Å². The first kappa shape index (κ1) is 9.63. The summed E-state index contributed by atoms with van der Waals surface area (Å²) in [7, 11) is 0. The molecule has 2 amide bonds. The van der Waals surface area contributed by atoms with Gasteiger partial charge in [-0.25, -0.2) is 9.69 Å². The van der Waals surface area contributed by atoms with Gasteiger partial charge in [0.25, 0.3) is 0 Å². The zero-order chi connectivity index (χ0) is 11.3. The summed E-state index contributed by atoms with van der Waals surface area (Å²) in [5, 5.41) is 0. The fraction of sp³-hybridized carbons (Fsp3) is 0.500. The first-order valence-corrected chi connectivity index (χ1v) is 5.53. The highest BCUT2D eigenvalue weighted by Gasteiger charge is 2.46. The molecule has 1 heterocycles. The van der Waals surface area contributed by atoms with Crippen molar-refractivity contribution in [3.8, 4) is 0 Å². The van der Waals surface area contributed by atoms with Crippen LogP contribution in [-0.4, -0.2) is 30.1 Å². The number of hydrogen-bond acceptors (Lipinski definition) is 3. The quantitative estimate of drug-likeness (QED) is 0.625. The van der Waals surface area contributed by atoms with Crippen molar-refractivity contribution in [1.29, 1.82) is 0 Å². The maximum absolute atomic E-state index is 12.2. The minimum Gasteiger partial charge on any atom is -0.447 e. The van der Waals surface area contributed by atoms with E-state index in [0.717, 1.165) is 12.0 Å². The molecule has 3 atom stereocenters. The summed E-state index contributed by atoms with van der Waals surface area (Å²) >= 11 is 0. The van der Waals surface area contributed by atoms with Crippen LogP contribution in [0.4, 0.5) is 4.79 Å². The largest absolute Gasteiger partial charge is 0.447 e. The number of imide groups is 1. The van der Waals surface area contributed by atoms with Gasteiger partial charge in [-0.05, 0) is 18.3 Å². The lowest BCUT2D eigenvalue weighted by molar-refractivity contribution is -0.131. The van der Waals surface area contributed by atoms with Gasteiger partial charge in [0.15, 0.2) is 0 Å². The lowest BCUT2D eigenvalue weighted by Gasteiger charge is -2.22. The minimum absolute atomic E-state index is 0.135. The number of fused-ring (bicyclic) bond motifs is 2. The molecular formula is C12H13NO3. The smallest absolute Gasteiger partial charge is 0.416 e. The van der Waals surface area contributed by atoms with Crippen LogP contribution in [0.3, 0.4) is 0 Å². The predicted molar refractivity (Wildman–Crippen MR) is 56.4 cm³/mol. The van der Waals surface area contributed by atoms with E-state index in [1.54, 1.807) is 0 Å². The van der Waals surface area contributed by atoms with Gasteiger partial charge < -0.3 is 4.74 Å². The Kier molecular flexibility index (Phi) is 1.93. The number of amides is 2. The molecule has 0 aromatic heterocycles. The van der Waals surface area contributed by atoms with Gasteiger partial charge in [-0.15, -0.1) is 0 Å². The fourth-order valence-corrected chi connectivity index (χ4v) is 2.86. The molecule has 1 saturated heterocycles. The van der Waals surface area contributed by atoms with Crippen LogP contribution >= 0.6 is 0 Å². The molecule has 1 saturated carbocycles. The molecule has 0 unspecified atom stereocenters. The normalized spacial score (nSPS) is 36.0. The van der Waals surface area contributed by atoms with Gasteiger partial charge in [-0.1, -0.05) is 24.3 Å². The van der Waals surface area contributed by atoms with Crippen molar-refractivity contribution in [2.75, 3.05) is 13.2 Å². The topological polar surface area (TPSA) is 46.6 Å². The minimum atomic E-state index is -0.510. The third-order valence-corrected chi connectivity index (χ3v) is 3.71. The molecule has 2 fully saturated rings. The van der Waals surface area contributed by atoms with E-state index in [2.05, 4.69) is 18.7 Å². The monoisotopic (exact) mass is 219 g/mol. The van der Waals surface area contributed by atoms with Gasteiger partial charge in [-0.3, -0.25) is 4.79 Å². The summed E-state index contributed by atoms with van der Waals surface area (Å²) in [5.74, 6) is 0.223. The molecule has 1 aliphatic heterocycles. The summed E-state index contributed by atoms with van der Waals surface area (Å²) in [5.41, 5.74) is 0.956. The summed E-state index contributed by atoms with van der Waals surface area (Å²) in [4.78, 5) is 24.7. The van der Waals surface area contributed by atoms with Crippen LogP contribution < -0.4 is 0 Å². The van der Waals surface area contributed by atoms with Gasteiger partial charge in [0.05, 0.1) is 12.5 Å². The fourth-order valence-electron chi connectivity index (χ4n) is 2.86. The van der Waals surface area contributed by atoms with E-state index < -0.39 is 6.09 Å². The first-order chi connectivity index (χ1) is 7.68. The average Bonchev–Trinajstić information content (AvgIpc) is 2.92. The van der Waals surface area contributed by atoms with Crippen LogP contribution in [0.15, 0.2) is 24.3 Å². The molecule has 3 rings (SSSR count). The summed E-state index contributed by atoms with van der Waals surface area (Å²) in [6, 6.07) is 0. The molecule has 0 aromatic carbocycles. The van der Waals surface area contributed by atoms with Crippen LogP contribution in [0.1, 0.15) is 6.42 Å². The predicted octanol–water partition coefficient (Wildman–Crippen LogP) is 1.34. The molecule has 3 aliphatic rings. The second-order valence-corrected chi connectivity index (χ2v) is 4.55. The number of hydrogen-bond donors (Lipinski definition) is 0. The first-order valence-electron chi connectivity index (χ1n) is 5.53. The molecule has 4 heteroatoms. The highest BCUT2D eigenvalue weighted by Crippen LogP contribution is 2.47. The van der Waals surface area contributed by atoms with Crippen LogP contribution in [-0.2, 0) is 9.53 Å². The van der Waals surface area contributed by atoms with Crippen LogP contribution in [0.25, 0.3) is 0 Å². The number of nitrogens with zero attached hydrogens (tertiary/aromatic N) is 1. The van der Waals surface area contributed by atoms with Crippen LogP contribution in [0.5, 0.6) is 0 Å². The summed E-state index contributed by atoms with van der Waals surface area (Å²) in [6.45, 7) is 4.68. The Balaban J connectivity index is 1.83. The maximum atomic E-state index is 12.2. The number of cyclic esters (lactones) is 1. The number of carbonyl (C=O) groups excluding carboxylic acids is 2. The average molecular weight is 219 g/mol. The van der Waals surface area contributed by atoms with Crippen molar-refractivity contribution in [1.82, 2.24) is 4.90 Å². The Labute approximate surface area is 93.6 Å². The second-order valence-electron chi connectivity index (χ2n) is 4.55. The molecule has 0 spiro atoms. The number of rotatable bonds is 1. The van der Waals surface area contributed by atoms with Crippen molar-refractivity contribution < 1.29 is 14.3 Å². The zero-order valence-electron chi connectivity index (χ0n) is 8.89. The Hall–Kier alpha value is -1.58. The van der Waals surface area contributed by atoms with Gasteiger partial charge in [0.1, 0.15) is 6.61 Å². The Morgan fingerprint density at radius 3 is 2.88 bits per heavy atom. The van der Waals surface area contributed by atoms with Crippen molar-refractivity contribution in [2.45, 2.75) is 6.42 Å². The van der Waals surface area contributed by atoms with E-state index in [1.807, 2.05) is 0 Å². The molecular weight excluding hydrogens is 206 g/mol. The Bertz CT molecular complexity index is 412. The molecule has 84 valence electrons. The molecule has 2 bridgehead atoms. The summed E-state index contributed by atoms with van der Waals surface area (Å²) in [6.07, 6.45) is 4.64. The van der Waals surface area contributed by atoms with Crippen molar-refractivity contribution >= 4 is 12.0 Å². The second kappa shape index (κ2) is 3.20. The van der Waals surface area contributed by atoms with E-state index >= 15 is 0 Å². The number of ether oxygens (including phenoxy) is 1. The number of carbonyl (C=O) groups is 2. The van der Waals surface area contributed by atoms with Crippen LogP contribution in [0.2, 0.25) is 0 Å². The van der Waals surface area contributed by atoms with Crippen molar-refractivity contribution in [3.05, 3.63) is 24.3 Å². The van der Waals surface area contributed by atoms with Gasteiger partial charge >= 0.3 is 6.09 Å². The zero-order valence-corrected chi connectivity index (χ0v) is 8.89. The van der Waals surface area contributed by atoms with Crippen LogP contribution in [0, 0.1) is 17.8 Å². The van der Waals surface area contributed by atoms with E-state index in [9.17, 15) is 9.59 Å². The molecule has 16 heavy (non-hydrogen) atoms. The Morgan fingerprint density at radius 2 is 2.31 bits per heavy atom. The van der Waals surface area contributed by atoms with E-state index in [4.69, 9.17) is 4.74 Å². The van der Waals surface area contributed by atoms with Crippen molar-refractivity contribution in [3.63, 3.8) is 0 Å². The summed E-state index contributed by atoms with van der Waals surface area (Å²) < 4.78 is 4.78. The SMILES string of the molecule is C=C1[C@H](C(=O)N2CCOC2=O)[C@@H]2C=C[C@H]1C2. The van der Waals surface area contributed by atoms with Gasteiger partial charge in [0, 0.05) is 0 Å². The van der Waals surface area contributed by atoms with E-state index in [-0.39, 0.29) is 17.7 Å². The lowest BCUT2D eigenvalue weighted by atomic mass is 9.88. The molecule has 4 nitrogen and oxygen atoms in total.